The Morgan fingerprint density at radius 2 is 2.07 bits per heavy atom. The summed E-state index contributed by atoms with van der Waals surface area (Å²) in [6, 6.07) is 9.28. The second-order valence-electron chi connectivity index (χ2n) is 7.22. The normalized spacial score (nSPS) is 13.8. The monoisotopic (exact) mass is 389 g/mol. The smallest absolute Gasteiger partial charge is 0.231 e. The Morgan fingerprint density at radius 3 is 2.86 bits per heavy atom. The third kappa shape index (κ3) is 3.24. The Kier molecular flexibility index (Phi) is 4.08. The van der Waals surface area contributed by atoms with Crippen LogP contribution in [-0.4, -0.2) is 35.5 Å². The number of anilines is 1. The molecule has 0 saturated heterocycles. The van der Waals surface area contributed by atoms with Crippen LogP contribution in [0.4, 0.5) is 5.82 Å². The summed E-state index contributed by atoms with van der Waals surface area (Å²) in [5.41, 5.74) is 2.68. The predicted molar refractivity (Wildman–Crippen MR) is 107 cm³/mol. The van der Waals surface area contributed by atoms with E-state index >= 15 is 0 Å². The van der Waals surface area contributed by atoms with Crippen molar-refractivity contribution in [3.05, 3.63) is 58.1 Å². The zero-order chi connectivity index (χ0) is 20.0. The van der Waals surface area contributed by atoms with Gasteiger partial charge in [0, 0.05) is 11.9 Å². The summed E-state index contributed by atoms with van der Waals surface area (Å²) in [5, 5.41) is 19.6. The number of hydrogen-bond acceptors (Lipinski definition) is 6. The van der Waals surface area contributed by atoms with Gasteiger partial charge in [-0.05, 0) is 55.5 Å². The fraction of sp³-hybridized carbons (Fsp3) is 0.300. The summed E-state index contributed by atoms with van der Waals surface area (Å²) >= 11 is 0. The van der Waals surface area contributed by atoms with Crippen molar-refractivity contribution in [3.8, 4) is 0 Å². The third-order valence-electron chi connectivity index (χ3n) is 5.15. The number of carbonyl (C=O) groups excluding carboxylic acids is 1. The van der Waals surface area contributed by atoms with Crippen molar-refractivity contribution in [2.75, 3.05) is 5.32 Å². The van der Waals surface area contributed by atoms with Crippen molar-refractivity contribution in [3.63, 3.8) is 0 Å². The first-order valence-corrected chi connectivity index (χ1v) is 9.63. The summed E-state index contributed by atoms with van der Waals surface area (Å²) in [7, 11) is 0. The number of benzene rings is 1. The first-order chi connectivity index (χ1) is 14.1. The highest BCUT2D eigenvalue weighted by molar-refractivity contribution is 5.91. The van der Waals surface area contributed by atoms with Gasteiger partial charge >= 0.3 is 0 Å². The van der Waals surface area contributed by atoms with Gasteiger partial charge in [0.25, 0.3) is 0 Å². The number of nitrogens with one attached hydrogen (secondary N) is 1. The molecule has 0 radical (unpaired) electrons. The van der Waals surface area contributed by atoms with Crippen LogP contribution in [0.25, 0.3) is 16.6 Å². The van der Waals surface area contributed by atoms with Crippen molar-refractivity contribution < 1.29 is 4.79 Å². The van der Waals surface area contributed by atoms with Gasteiger partial charge in [-0.1, -0.05) is 6.07 Å². The standard InChI is InChI=1S/C20H19N7O2/c1-2-26-16-9-13(12-3-4-12)5-6-14(16)20(29)15(24-26)10-19(28)22-17-7-8-18-23-21-11-27(18)25-17/h5-9,11-12H,2-4,10H2,1H3,(H,22,25,28). The predicted octanol–water partition coefficient (Wildman–Crippen LogP) is 1.91. The molecule has 0 spiro atoms. The van der Waals surface area contributed by atoms with Gasteiger partial charge in [0.05, 0.1) is 11.9 Å². The van der Waals surface area contributed by atoms with Crippen LogP contribution in [0.1, 0.15) is 36.9 Å². The lowest BCUT2D eigenvalue weighted by molar-refractivity contribution is -0.115. The molecule has 1 N–H and O–H groups in total. The lowest BCUT2D eigenvalue weighted by Crippen LogP contribution is -2.25. The summed E-state index contributed by atoms with van der Waals surface area (Å²) in [4.78, 5) is 25.4. The highest BCUT2D eigenvalue weighted by Gasteiger charge is 2.24. The summed E-state index contributed by atoms with van der Waals surface area (Å²) in [5.74, 6) is 0.597. The van der Waals surface area contributed by atoms with Gasteiger partial charge in [-0.15, -0.1) is 15.3 Å². The zero-order valence-electron chi connectivity index (χ0n) is 15.9. The second-order valence-corrected chi connectivity index (χ2v) is 7.22. The molecule has 3 aromatic heterocycles. The zero-order valence-corrected chi connectivity index (χ0v) is 15.9. The molecule has 1 fully saturated rings. The van der Waals surface area contributed by atoms with Crippen LogP contribution in [0.3, 0.4) is 0 Å². The van der Waals surface area contributed by atoms with Crippen molar-refractivity contribution in [2.24, 2.45) is 0 Å². The van der Waals surface area contributed by atoms with E-state index in [1.807, 2.05) is 19.1 Å². The molecule has 1 saturated carbocycles. The second kappa shape index (κ2) is 6.77. The van der Waals surface area contributed by atoms with Gasteiger partial charge in [-0.25, -0.2) is 0 Å². The number of nitrogens with zero attached hydrogens (tertiary/aromatic N) is 6. The van der Waals surface area contributed by atoms with E-state index in [-0.39, 0.29) is 23.5 Å². The van der Waals surface area contributed by atoms with Gasteiger partial charge < -0.3 is 5.32 Å². The van der Waals surface area contributed by atoms with Crippen molar-refractivity contribution in [1.82, 2.24) is 29.6 Å². The summed E-state index contributed by atoms with van der Waals surface area (Å²) in [6.45, 7) is 2.59. The van der Waals surface area contributed by atoms with E-state index in [2.05, 4.69) is 31.8 Å². The largest absolute Gasteiger partial charge is 0.309 e. The fourth-order valence-corrected chi connectivity index (χ4v) is 3.52. The molecule has 0 unspecified atom stereocenters. The molecule has 0 bridgehead atoms. The van der Waals surface area contributed by atoms with E-state index in [1.165, 1.54) is 29.2 Å². The number of rotatable bonds is 5. The number of aryl methyl sites for hydroxylation is 1. The van der Waals surface area contributed by atoms with Gasteiger partial charge in [0.15, 0.2) is 11.5 Å². The lowest BCUT2D eigenvalue weighted by Gasteiger charge is -2.11. The summed E-state index contributed by atoms with van der Waals surface area (Å²) in [6.07, 6.45) is 3.72. The highest BCUT2D eigenvalue weighted by atomic mass is 16.2. The molecular formula is C20H19N7O2. The van der Waals surface area contributed by atoms with Crippen LogP contribution in [0, 0.1) is 0 Å². The minimum Gasteiger partial charge on any atom is -0.309 e. The maximum absolute atomic E-state index is 12.9. The summed E-state index contributed by atoms with van der Waals surface area (Å²) < 4.78 is 3.26. The van der Waals surface area contributed by atoms with E-state index in [4.69, 9.17) is 0 Å². The first kappa shape index (κ1) is 17.5. The molecule has 146 valence electrons. The molecule has 4 aromatic rings. The molecule has 0 aliphatic heterocycles. The number of carbonyl (C=O) groups is 1. The van der Waals surface area contributed by atoms with E-state index in [0.29, 0.717) is 29.3 Å². The van der Waals surface area contributed by atoms with Crippen molar-refractivity contribution >= 4 is 28.3 Å². The third-order valence-corrected chi connectivity index (χ3v) is 5.15. The van der Waals surface area contributed by atoms with Crippen molar-refractivity contribution in [1.29, 1.82) is 0 Å². The van der Waals surface area contributed by atoms with Gasteiger partial charge in [0.1, 0.15) is 12.0 Å². The Bertz CT molecular complexity index is 1300. The molecule has 5 rings (SSSR count). The topological polar surface area (TPSA) is 107 Å². The van der Waals surface area contributed by atoms with Crippen LogP contribution in [0.5, 0.6) is 0 Å². The molecular weight excluding hydrogens is 370 g/mol. The molecule has 9 nitrogen and oxygen atoms in total. The van der Waals surface area contributed by atoms with Gasteiger partial charge in [-0.2, -0.15) is 9.61 Å². The molecule has 1 aromatic carbocycles. The van der Waals surface area contributed by atoms with Crippen LogP contribution in [0.15, 0.2) is 41.5 Å². The number of aromatic nitrogens is 6. The minimum absolute atomic E-state index is 0.124. The molecule has 3 heterocycles. The SMILES string of the molecule is CCn1nc(CC(=O)Nc2ccc3nncn3n2)c(=O)c2ccc(C3CC3)cc21. The molecule has 0 atom stereocenters. The number of amides is 1. The average Bonchev–Trinajstić information content (AvgIpc) is 3.47. The van der Waals surface area contributed by atoms with E-state index < -0.39 is 0 Å². The Hall–Kier alpha value is -3.62. The molecule has 1 aliphatic rings. The minimum atomic E-state index is -0.355. The fourth-order valence-electron chi connectivity index (χ4n) is 3.52. The van der Waals surface area contributed by atoms with Crippen LogP contribution in [0.2, 0.25) is 0 Å². The van der Waals surface area contributed by atoms with E-state index in [0.717, 1.165) is 5.52 Å². The molecule has 1 amide bonds. The quantitative estimate of drug-likeness (QED) is 0.559. The Labute approximate surface area is 165 Å². The maximum Gasteiger partial charge on any atom is 0.231 e. The average molecular weight is 389 g/mol. The highest BCUT2D eigenvalue weighted by Crippen LogP contribution is 2.40. The lowest BCUT2D eigenvalue weighted by atomic mass is 10.1. The van der Waals surface area contributed by atoms with Crippen molar-refractivity contribution in [2.45, 2.75) is 38.6 Å². The molecule has 1 aliphatic carbocycles. The Morgan fingerprint density at radius 1 is 1.21 bits per heavy atom. The van der Waals surface area contributed by atoms with Gasteiger partial charge in [0.2, 0.25) is 11.3 Å². The maximum atomic E-state index is 12.9. The van der Waals surface area contributed by atoms with E-state index in [1.54, 1.807) is 16.8 Å². The first-order valence-electron chi connectivity index (χ1n) is 9.63. The van der Waals surface area contributed by atoms with E-state index in [9.17, 15) is 9.59 Å². The number of hydrogen-bond donors (Lipinski definition) is 1. The van der Waals surface area contributed by atoms with Crippen LogP contribution >= 0.6 is 0 Å². The molecule has 29 heavy (non-hydrogen) atoms. The van der Waals surface area contributed by atoms with Crippen LogP contribution in [-0.2, 0) is 17.8 Å². The van der Waals surface area contributed by atoms with Crippen LogP contribution < -0.4 is 10.7 Å². The number of fused-ring (bicyclic) bond motifs is 2. The van der Waals surface area contributed by atoms with Gasteiger partial charge in [-0.3, -0.25) is 14.3 Å². The Balaban J connectivity index is 1.44. The molecule has 9 heteroatoms.